The van der Waals surface area contributed by atoms with Crippen LogP contribution in [-0.2, 0) is 27.5 Å². The zero-order valence-corrected chi connectivity index (χ0v) is 17.0. The molecule has 0 atom stereocenters. The maximum absolute atomic E-state index is 12.8. The van der Waals surface area contributed by atoms with Gasteiger partial charge < -0.3 is 14.6 Å². The third-order valence-electron chi connectivity index (χ3n) is 3.40. The second kappa shape index (κ2) is 11.2. The Kier molecular flexibility index (Phi) is 9.74. The number of alkyl halides is 3. The number of hydrogen-bond acceptors (Lipinski definition) is 3. The van der Waals surface area contributed by atoms with Crippen LogP contribution in [0.3, 0.4) is 0 Å². The van der Waals surface area contributed by atoms with Gasteiger partial charge >= 0.3 is 5.92 Å². The molecule has 0 spiro atoms. The van der Waals surface area contributed by atoms with Crippen LogP contribution in [0.4, 0.5) is 13.2 Å². The summed E-state index contributed by atoms with van der Waals surface area (Å²) in [4.78, 5) is 0. The van der Waals surface area contributed by atoms with Gasteiger partial charge in [0.1, 0.15) is 11.5 Å². The Hall–Kier alpha value is -1.52. The van der Waals surface area contributed by atoms with E-state index in [1.54, 1.807) is 30.7 Å². The SMILES string of the molecule is OC[CH-]COc1ccc(Cc2ccc(OCC(F)(F)CF)cc2)cc1.[W]. The molecule has 0 amide bonds. The van der Waals surface area contributed by atoms with E-state index < -0.39 is 19.2 Å². The topological polar surface area (TPSA) is 38.7 Å². The summed E-state index contributed by atoms with van der Waals surface area (Å²) in [6, 6.07) is 14.3. The van der Waals surface area contributed by atoms with Gasteiger partial charge in [-0.25, -0.2) is 4.39 Å². The fraction of sp³-hybridized carbons (Fsp3) is 0.316. The number of ether oxygens (including phenoxy) is 2. The second-order valence-electron chi connectivity index (χ2n) is 5.53. The summed E-state index contributed by atoms with van der Waals surface area (Å²) in [5.41, 5.74) is 2.06. The number of benzene rings is 2. The Labute approximate surface area is 165 Å². The Bertz CT molecular complexity index is 633. The largest absolute Gasteiger partial charge is 0.525 e. The van der Waals surface area contributed by atoms with Crippen molar-refractivity contribution in [3.05, 3.63) is 66.1 Å². The van der Waals surface area contributed by atoms with Crippen molar-refractivity contribution < 1.29 is 48.8 Å². The average Bonchev–Trinajstić information content (AvgIpc) is 2.63. The number of rotatable bonds is 10. The summed E-state index contributed by atoms with van der Waals surface area (Å²) < 4.78 is 48.0. The third-order valence-corrected chi connectivity index (χ3v) is 3.40. The number of aliphatic hydroxyl groups excluding tert-OH is 1. The molecule has 0 fully saturated rings. The fourth-order valence-corrected chi connectivity index (χ4v) is 2.08. The molecule has 2 aromatic carbocycles. The summed E-state index contributed by atoms with van der Waals surface area (Å²) in [5, 5.41) is 8.66. The van der Waals surface area contributed by atoms with Gasteiger partial charge in [-0.3, -0.25) is 6.42 Å². The summed E-state index contributed by atoms with van der Waals surface area (Å²) >= 11 is 0. The molecule has 0 aliphatic carbocycles. The minimum atomic E-state index is -3.46. The first-order chi connectivity index (χ1) is 12.0. The van der Waals surface area contributed by atoms with Crippen LogP contribution in [0.25, 0.3) is 0 Å². The molecule has 0 saturated heterocycles. The van der Waals surface area contributed by atoms with Crippen LogP contribution in [0.15, 0.2) is 48.5 Å². The van der Waals surface area contributed by atoms with Gasteiger partial charge in [-0.15, -0.1) is 0 Å². The minimum Gasteiger partial charge on any atom is -0.525 e. The van der Waals surface area contributed by atoms with Crippen molar-refractivity contribution in [3.8, 4) is 11.5 Å². The molecule has 2 rings (SSSR count). The minimum absolute atomic E-state index is 0. The molecule has 2 aromatic rings. The number of aliphatic hydroxyl groups is 1. The molecular weight excluding hydrogens is 517 g/mol. The Balaban J connectivity index is 0.00000338. The van der Waals surface area contributed by atoms with Gasteiger partial charge in [0.05, 0.1) is 0 Å². The van der Waals surface area contributed by atoms with E-state index >= 15 is 0 Å². The van der Waals surface area contributed by atoms with Crippen molar-refractivity contribution in [1.82, 2.24) is 0 Å². The van der Waals surface area contributed by atoms with Gasteiger partial charge in [0.2, 0.25) is 0 Å². The van der Waals surface area contributed by atoms with E-state index in [0.717, 1.165) is 11.1 Å². The second-order valence-corrected chi connectivity index (χ2v) is 5.53. The summed E-state index contributed by atoms with van der Waals surface area (Å²) in [5.74, 6) is -2.47. The smallest absolute Gasteiger partial charge is 0.309 e. The van der Waals surface area contributed by atoms with E-state index in [0.29, 0.717) is 18.8 Å². The summed E-state index contributed by atoms with van der Waals surface area (Å²) in [6.45, 7) is -2.39. The maximum atomic E-state index is 12.8. The molecule has 0 bridgehead atoms. The van der Waals surface area contributed by atoms with Crippen molar-refractivity contribution in [3.63, 3.8) is 0 Å². The Morgan fingerprint density at radius 3 is 1.85 bits per heavy atom. The van der Waals surface area contributed by atoms with Crippen LogP contribution in [0, 0.1) is 6.42 Å². The van der Waals surface area contributed by atoms with Crippen LogP contribution in [-0.4, -0.2) is 37.5 Å². The molecule has 0 unspecified atom stereocenters. The van der Waals surface area contributed by atoms with E-state index in [4.69, 9.17) is 14.6 Å². The Morgan fingerprint density at radius 2 is 1.38 bits per heavy atom. The molecule has 0 radical (unpaired) electrons. The molecule has 0 heterocycles. The normalized spacial score (nSPS) is 10.9. The van der Waals surface area contributed by atoms with Crippen molar-refractivity contribution in [2.45, 2.75) is 12.3 Å². The van der Waals surface area contributed by atoms with Gasteiger partial charge in [0.25, 0.3) is 0 Å². The number of hydrogen-bond donors (Lipinski definition) is 1. The van der Waals surface area contributed by atoms with E-state index in [-0.39, 0.29) is 33.4 Å². The standard InChI is InChI=1S/C19H20F3O3.W/c20-13-19(21,22)14-25-18-8-4-16(5-9-18)12-15-2-6-17(7-3-15)24-11-1-10-23;/h1-9,23H,10-14H2;/q-1;. The first-order valence-corrected chi connectivity index (χ1v) is 7.82. The molecule has 7 heteroatoms. The zero-order valence-electron chi connectivity index (χ0n) is 14.0. The van der Waals surface area contributed by atoms with Crippen molar-refractivity contribution in [2.75, 3.05) is 26.5 Å². The van der Waals surface area contributed by atoms with E-state index in [2.05, 4.69) is 0 Å². The molecule has 26 heavy (non-hydrogen) atoms. The van der Waals surface area contributed by atoms with E-state index in [1.165, 1.54) is 0 Å². The molecule has 3 nitrogen and oxygen atoms in total. The van der Waals surface area contributed by atoms with Gasteiger partial charge in [-0.05, 0) is 48.4 Å². The fourth-order valence-electron chi connectivity index (χ4n) is 2.08. The molecule has 0 aromatic heterocycles. The molecule has 0 aliphatic rings. The Morgan fingerprint density at radius 1 is 0.885 bits per heavy atom. The predicted molar refractivity (Wildman–Crippen MR) is 89.0 cm³/mol. The summed E-state index contributed by atoms with van der Waals surface area (Å²) in [6.07, 6.45) is 2.28. The zero-order chi connectivity index (χ0) is 18.1. The van der Waals surface area contributed by atoms with E-state index in [1.807, 2.05) is 24.3 Å². The first kappa shape index (κ1) is 22.5. The third kappa shape index (κ3) is 7.79. The predicted octanol–water partition coefficient (Wildman–Crippen LogP) is 3.83. The van der Waals surface area contributed by atoms with Crippen molar-refractivity contribution in [1.29, 1.82) is 0 Å². The molecule has 142 valence electrons. The summed E-state index contributed by atoms with van der Waals surface area (Å²) in [7, 11) is 0. The first-order valence-electron chi connectivity index (χ1n) is 7.82. The molecule has 0 saturated carbocycles. The van der Waals surface area contributed by atoms with Crippen LogP contribution in [0.2, 0.25) is 0 Å². The van der Waals surface area contributed by atoms with Crippen LogP contribution >= 0.6 is 0 Å². The van der Waals surface area contributed by atoms with Gasteiger partial charge in [-0.2, -0.15) is 8.78 Å². The number of halogens is 3. The van der Waals surface area contributed by atoms with Crippen LogP contribution in [0.1, 0.15) is 11.1 Å². The van der Waals surface area contributed by atoms with Crippen LogP contribution < -0.4 is 9.47 Å². The van der Waals surface area contributed by atoms with Gasteiger partial charge in [0.15, 0.2) is 13.3 Å². The molecular formula is C19H20F3O3W-. The van der Waals surface area contributed by atoms with Gasteiger partial charge in [0, 0.05) is 21.1 Å². The molecule has 0 aliphatic heterocycles. The van der Waals surface area contributed by atoms with Crippen molar-refractivity contribution >= 4 is 0 Å². The monoisotopic (exact) mass is 537 g/mol. The van der Waals surface area contributed by atoms with Crippen molar-refractivity contribution in [2.24, 2.45) is 0 Å². The maximum Gasteiger partial charge on any atom is 0.309 e. The van der Waals surface area contributed by atoms with E-state index in [9.17, 15) is 13.2 Å². The van der Waals surface area contributed by atoms with Crippen LogP contribution in [0.5, 0.6) is 11.5 Å². The quantitative estimate of drug-likeness (QED) is 0.370. The van der Waals surface area contributed by atoms with Gasteiger partial charge in [-0.1, -0.05) is 30.9 Å². The average molecular weight is 537 g/mol. The molecule has 1 N–H and O–H groups in total.